The average Bonchev–Trinajstić information content (AvgIpc) is 3.25. The van der Waals surface area contributed by atoms with Gasteiger partial charge in [-0.1, -0.05) is 18.2 Å². The maximum absolute atomic E-state index is 16.0. The lowest BCUT2D eigenvalue weighted by Gasteiger charge is -2.34. The fraction of sp³-hybridized carbons (Fsp3) is 0.471. The molecule has 1 fully saturated rings. The first-order valence-corrected chi connectivity index (χ1v) is 7.91. The average molecular weight is 329 g/mol. The summed E-state index contributed by atoms with van der Waals surface area (Å²) < 4.78 is 16.0. The molecule has 1 aromatic rings. The Kier molecular flexibility index (Phi) is 4.24. The van der Waals surface area contributed by atoms with Crippen molar-refractivity contribution in [1.29, 1.82) is 5.26 Å². The first-order chi connectivity index (χ1) is 11.5. The molecular formula is C17H20FN5O. The summed E-state index contributed by atoms with van der Waals surface area (Å²) in [5.74, 6) is -1.56. The number of nitriles is 1. The van der Waals surface area contributed by atoms with Crippen LogP contribution in [0.1, 0.15) is 12.2 Å². The van der Waals surface area contributed by atoms with Gasteiger partial charge in [0.2, 0.25) is 5.67 Å². The summed E-state index contributed by atoms with van der Waals surface area (Å²) in [6.45, 7) is 0.950. The molecule has 1 amide bonds. The number of nitrogens with zero attached hydrogens (tertiary/aromatic N) is 4. The van der Waals surface area contributed by atoms with E-state index in [4.69, 9.17) is 0 Å². The van der Waals surface area contributed by atoms with E-state index in [0.717, 1.165) is 6.42 Å². The number of hydrogen-bond acceptors (Lipinski definition) is 4. The minimum atomic E-state index is -2.43. The highest BCUT2D eigenvalue weighted by Crippen LogP contribution is 2.41. The number of likely N-dealkylation sites (N-methyl/N-ethyl adjacent to an activating group) is 1. The number of H-pyrrole nitrogens is 1. The largest absolute Gasteiger partial charge is 0.345 e. The number of hydrogen-bond donors (Lipinski definition) is 1. The molecular weight excluding hydrogens is 309 g/mol. The summed E-state index contributed by atoms with van der Waals surface area (Å²) in [5.41, 5.74) is -2.32. The quantitative estimate of drug-likeness (QED) is 0.909. The third kappa shape index (κ3) is 2.53. The molecule has 1 N–H and O–H groups in total. The van der Waals surface area contributed by atoms with Crippen molar-refractivity contribution in [2.75, 3.05) is 27.2 Å². The Morgan fingerprint density at radius 1 is 1.58 bits per heavy atom. The van der Waals surface area contributed by atoms with Gasteiger partial charge in [-0.2, -0.15) is 5.26 Å². The zero-order valence-corrected chi connectivity index (χ0v) is 13.7. The van der Waals surface area contributed by atoms with E-state index >= 15 is 4.39 Å². The van der Waals surface area contributed by atoms with Crippen molar-refractivity contribution >= 4 is 11.5 Å². The predicted octanol–water partition coefficient (Wildman–Crippen LogP) is 1.37. The van der Waals surface area contributed by atoms with E-state index in [1.165, 1.54) is 23.2 Å². The second kappa shape index (κ2) is 6.21. The van der Waals surface area contributed by atoms with Crippen molar-refractivity contribution in [3.05, 3.63) is 36.4 Å². The molecule has 0 saturated carbocycles. The summed E-state index contributed by atoms with van der Waals surface area (Å²) in [6, 6.07) is 2.12. The van der Waals surface area contributed by atoms with Gasteiger partial charge in [-0.05, 0) is 20.5 Å². The summed E-state index contributed by atoms with van der Waals surface area (Å²) in [7, 11) is 3.89. The fourth-order valence-corrected chi connectivity index (χ4v) is 3.31. The van der Waals surface area contributed by atoms with Crippen LogP contribution in [0.3, 0.4) is 0 Å². The van der Waals surface area contributed by atoms with Crippen LogP contribution in [0.25, 0.3) is 5.57 Å². The van der Waals surface area contributed by atoms with Crippen LogP contribution in [0, 0.1) is 17.2 Å². The third-order valence-electron chi connectivity index (χ3n) is 4.77. The van der Waals surface area contributed by atoms with E-state index in [2.05, 4.69) is 9.97 Å². The number of aromatic amines is 1. The van der Waals surface area contributed by atoms with Crippen LogP contribution >= 0.6 is 0 Å². The van der Waals surface area contributed by atoms with E-state index in [0.29, 0.717) is 13.1 Å². The predicted molar refractivity (Wildman–Crippen MR) is 87.3 cm³/mol. The van der Waals surface area contributed by atoms with Gasteiger partial charge in [-0.3, -0.25) is 4.79 Å². The number of carbonyl (C=O) groups excluding carboxylic acids is 1. The van der Waals surface area contributed by atoms with Crippen LogP contribution < -0.4 is 0 Å². The topological polar surface area (TPSA) is 76.0 Å². The van der Waals surface area contributed by atoms with Gasteiger partial charge in [0.25, 0.3) is 5.91 Å². The van der Waals surface area contributed by atoms with Gasteiger partial charge in [-0.25, -0.2) is 9.37 Å². The molecule has 2 heterocycles. The van der Waals surface area contributed by atoms with Crippen molar-refractivity contribution in [2.45, 2.75) is 18.1 Å². The maximum atomic E-state index is 16.0. The third-order valence-corrected chi connectivity index (χ3v) is 4.77. The molecule has 1 aromatic heterocycles. The van der Waals surface area contributed by atoms with Gasteiger partial charge in [0, 0.05) is 37.1 Å². The van der Waals surface area contributed by atoms with E-state index < -0.39 is 17.5 Å². The Bertz CT molecular complexity index is 718. The molecule has 2 aliphatic rings. The van der Waals surface area contributed by atoms with Gasteiger partial charge in [0.1, 0.15) is 11.7 Å². The molecule has 3 atom stereocenters. The number of carbonyl (C=O) groups is 1. The Labute approximate surface area is 140 Å². The minimum absolute atomic E-state index is 0.111. The number of aromatic nitrogens is 2. The molecule has 1 aliphatic heterocycles. The van der Waals surface area contributed by atoms with Gasteiger partial charge < -0.3 is 14.8 Å². The number of alkyl halides is 1. The van der Waals surface area contributed by atoms with Crippen LogP contribution in [-0.2, 0) is 4.79 Å². The second-order valence-corrected chi connectivity index (χ2v) is 6.38. The Hall–Kier alpha value is -2.46. The SMILES string of the molecule is CN(C)C1CCN(C(=O)C2(F)C(c3ncc[nH]3)=CC=CC2C#N)C1. The molecule has 3 unspecified atom stereocenters. The number of nitrogens with one attached hydrogen (secondary N) is 1. The lowest BCUT2D eigenvalue weighted by atomic mass is 9.78. The molecule has 0 radical (unpaired) electrons. The van der Waals surface area contributed by atoms with Crippen LogP contribution in [0.5, 0.6) is 0 Å². The molecule has 0 aromatic carbocycles. The monoisotopic (exact) mass is 329 g/mol. The van der Waals surface area contributed by atoms with Crippen molar-refractivity contribution in [3.8, 4) is 6.07 Å². The molecule has 1 aliphatic carbocycles. The smallest absolute Gasteiger partial charge is 0.266 e. The fourth-order valence-electron chi connectivity index (χ4n) is 3.31. The lowest BCUT2D eigenvalue weighted by Crippen LogP contribution is -2.51. The number of rotatable bonds is 3. The minimum Gasteiger partial charge on any atom is -0.345 e. The highest BCUT2D eigenvalue weighted by atomic mass is 19.1. The van der Waals surface area contributed by atoms with Gasteiger partial charge in [0.15, 0.2) is 0 Å². The van der Waals surface area contributed by atoms with Gasteiger partial charge in [0.05, 0.1) is 6.07 Å². The first kappa shape index (κ1) is 16.4. The van der Waals surface area contributed by atoms with Crippen LogP contribution in [-0.4, -0.2) is 64.6 Å². The Balaban J connectivity index is 1.95. The van der Waals surface area contributed by atoms with Crippen LogP contribution in [0.2, 0.25) is 0 Å². The van der Waals surface area contributed by atoms with Crippen molar-refractivity contribution in [2.24, 2.45) is 5.92 Å². The zero-order valence-electron chi connectivity index (χ0n) is 13.7. The van der Waals surface area contributed by atoms with E-state index in [-0.39, 0.29) is 17.4 Å². The molecule has 0 bridgehead atoms. The molecule has 0 spiro atoms. The number of imidazole rings is 1. The maximum Gasteiger partial charge on any atom is 0.266 e. The standard InChI is InChI=1S/C17H20FN5O/c1-22(2)13-6-9-23(11-13)16(24)17(18)12(10-19)4-3-5-14(17)15-20-7-8-21-15/h3-5,7-8,12-13H,6,9,11H2,1-2H3,(H,20,21). The highest BCUT2D eigenvalue weighted by Gasteiger charge is 2.54. The summed E-state index contributed by atoms with van der Waals surface area (Å²) >= 11 is 0. The summed E-state index contributed by atoms with van der Waals surface area (Å²) in [5, 5.41) is 9.40. The Morgan fingerprint density at radius 3 is 2.96 bits per heavy atom. The molecule has 6 nitrogen and oxygen atoms in total. The van der Waals surface area contributed by atoms with Gasteiger partial charge in [-0.15, -0.1) is 0 Å². The van der Waals surface area contributed by atoms with Crippen LogP contribution in [0.15, 0.2) is 30.6 Å². The van der Waals surface area contributed by atoms with Gasteiger partial charge >= 0.3 is 0 Å². The number of halogens is 1. The van der Waals surface area contributed by atoms with E-state index in [9.17, 15) is 10.1 Å². The second-order valence-electron chi connectivity index (χ2n) is 6.38. The van der Waals surface area contributed by atoms with Crippen molar-refractivity contribution in [3.63, 3.8) is 0 Å². The Morgan fingerprint density at radius 2 is 2.38 bits per heavy atom. The molecule has 24 heavy (non-hydrogen) atoms. The number of amides is 1. The molecule has 126 valence electrons. The first-order valence-electron chi connectivity index (χ1n) is 7.91. The van der Waals surface area contributed by atoms with Crippen LogP contribution in [0.4, 0.5) is 4.39 Å². The zero-order chi connectivity index (χ0) is 17.3. The molecule has 1 saturated heterocycles. The van der Waals surface area contributed by atoms with Crippen molar-refractivity contribution in [1.82, 2.24) is 19.8 Å². The highest BCUT2D eigenvalue weighted by molar-refractivity contribution is 6.00. The normalized spacial score (nSPS) is 29.6. The summed E-state index contributed by atoms with van der Waals surface area (Å²) in [6.07, 6.45) is 8.41. The number of allylic oxidation sites excluding steroid dienone is 3. The molecule has 7 heteroatoms. The van der Waals surface area contributed by atoms with E-state index in [1.54, 1.807) is 12.3 Å². The summed E-state index contributed by atoms with van der Waals surface area (Å²) in [4.78, 5) is 23.5. The van der Waals surface area contributed by atoms with E-state index in [1.807, 2.05) is 25.1 Å². The van der Waals surface area contributed by atoms with Crippen molar-refractivity contribution < 1.29 is 9.18 Å². The lowest BCUT2D eigenvalue weighted by molar-refractivity contribution is -0.140. The number of likely N-dealkylation sites (tertiary alicyclic amines) is 1. The molecule has 3 rings (SSSR count).